The maximum atomic E-state index is 15.0. The first-order valence-corrected chi connectivity index (χ1v) is 15.2. The molecule has 0 radical (unpaired) electrons. The molecule has 0 unspecified atom stereocenters. The van der Waals surface area contributed by atoms with Gasteiger partial charge in [-0.1, -0.05) is 59.8 Å². The van der Waals surface area contributed by atoms with Crippen molar-refractivity contribution < 1.29 is 18.3 Å². The van der Waals surface area contributed by atoms with Crippen molar-refractivity contribution in [1.29, 1.82) is 0 Å². The molecule has 0 aliphatic rings. The van der Waals surface area contributed by atoms with Gasteiger partial charge in [0.25, 0.3) is 5.56 Å². The fourth-order valence-corrected chi connectivity index (χ4v) is 5.55. The summed E-state index contributed by atoms with van der Waals surface area (Å²) >= 11 is 7.22. The molecule has 0 bridgehead atoms. The van der Waals surface area contributed by atoms with Crippen molar-refractivity contribution in [3.63, 3.8) is 0 Å². The number of aromatic nitrogens is 4. The molecule has 0 aliphatic carbocycles. The Labute approximate surface area is 267 Å². The minimum Gasteiger partial charge on any atom is -0.467 e. The Bertz CT molecular complexity index is 1850. The van der Waals surface area contributed by atoms with Crippen molar-refractivity contribution in [2.75, 3.05) is 14.2 Å². The second kappa shape index (κ2) is 14.4. The molecule has 2 aromatic heterocycles. The fourth-order valence-electron chi connectivity index (χ4n) is 4.51. The van der Waals surface area contributed by atoms with E-state index < -0.39 is 11.4 Å². The normalized spacial score (nSPS) is 11.0. The average Bonchev–Trinajstić information content (AvgIpc) is 3.03. The largest absolute Gasteiger partial charge is 0.467 e. The zero-order valence-corrected chi connectivity index (χ0v) is 26.0. The summed E-state index contributed by atoms with van der Waals surface area (Å²) in [5.41, 5.74) is 3.15. The lowest BCUT2D eigenvalue weighted by atomic mass is 10.0. The van der Waals surface area contributed by atoms with E-state index in [1.54, 1.807) is 78.7 Å². The molecule has 0 atom stereocenters. The summed E-state index contributed by atoms with van der Waals surface area (Å²) in [5, 5.41) is 0.895. The van der Waals surface area contributed by atoms with Gasteiger partial charge in [-0.25, -0.2) is 18.7 Å². The van der Waals surface area contributed by atoms with Gasteiger partial charge in [0.05, 0.1) is 7.11 Å². The molecule has 5 aromatic rings. The van der Waals surface area contributed by atoms with E-state index in [4.69, 9.17) is 16.3 Å². The van der Waals surface area contributed by atoms with Crippen LogP contribution < -0.4 is 10.3 Å². The lowest BCUT2D eigenvalue weighted by Gasteiger charge is -2.20. The number of benzene rings is 3. The summed E-state index contributed by atoms with van der Waals surface area (Å²) in [6.45, 7) is 0.0470. The SMILES string of the molecule is COc1ncc(Cc2cn(CC(=O)N(C)Cc3ccc(-c4ccc(Cl)cc4)c(F)c3)c(SCc3ccc(F)cc3)nc2=O)cn1. The molecule has 0 aliphatic heterocycles. The summed E-state index contributed by atoms with van der Waals surface area (Å²) in [6, 6.07) is 18.0. The molecule has 8 nitrogen and oxygen atoms in total. The highest BCUT2D eigenvalue weighted by molar-refractivity contribution is 7.98. The van der Waals surface area contributed by atoms with Crippen LogP contribution in [0.1, 0.15) is 22.3 Å². The summed E-state index contributed by atoms with van der Waals surface area (Å²) in [4.78, 5) is 40.4. The monoisotopic (exact) mass is 647 g/mol. The Hall–Kier alpha value is -4.61. The lowest BCUT2D eigenvalue weighted by molar-refractivity contribution is -0.131. The minimum absolute atomic E-state index is 0.118. The average molecular weight is 648 g/mol. The number of rotatable bonds is 11. The van der Waals surface area contributed by atoms with Crippen molar-refractivity contribution >= 4 is 29.3 Å². The summed E-state index contributed by atoms with van der Waals surface area (Å²) < 4.78 is 35.0. The van der Waals surface area contributed by atoms with Crippen molar-refractivity contribution in [1.82, 2.24) is 24.4 Å². The summed E-state index contributed by atoms with van der Waals surface area (Å²) in [6.07, 6.45) is 4.92. The van der Waals surface area contributed by atoms with Crippen LogP contribution >= 0.6 is 23.4 Å². The van der Waals surface area contributed by atoms with Gasteiger partial charge in [-0.15, -0.1) is 0 Å². The number of ether oxygens (including phenoxy) is 1. The number of halogens is 3. The van der Waals surface area contributed by atoms with Crippen LogP contribution in [0.2, 0.25) is 5.02 Å². The number of nitrogens with zero attached hydrogens (tertiary/aromatic N) is 5. The van der Waals surface area contributed by atoms with Crippen LogP contribution in [0.3, 0.4) is 0 Å². The Morgan fingerprint density at radius 3 is 2.33 bits per heavy atom. The molecule has 3 aromatic carbocycles. The van der Waals surface area contributed by atoms with Gasteiger partial charge in [-0.05, 0) is 52.6 Å². The van der Waals surface area contributed by atoms with E-state index in [-0.39, 0.29) is 37.2 Å². The first-order valence-electron chi connectivity index (χ1n) is 13.8. The molecule has 0 fully saturated rings. The van der Waals surface area contributed by atoms with Crippen LogP contribution in [-0.2, 0) is 30.1 Å². The molecule has 0 saturated carbocycles. The Morgan fingerprint density at radius 1 is 0.978 bits per heavy atom. The van der Waals surface area contributed by atoms with Gasteiger partial charge in [-0.3, -0.25) is 9.59 Å². The third kappa shape index (κ3) is 8.31. The third-order valence-corrected chi connectivity index (χ3v) is 8.22. The zero-order chi connectivity index (χ0) is 31.9. The predicted molar refractivity (Wildman–Crippen MR) is 169 cm³/mol. The Balaban J connectivity index is 1.35. The van der Waals surface area contributed by atoms with Crippen LogP contribution in [0, 0.1) is 11.6 Å². The van der Waals surface area contributed by atoms with Gasteiger partial charge >= 0.3 is 6.01 Å². The maximum absolute atomic E-state index is 15.0. The lowest BCUT2D eigenvalue weighted by Crippen LogP contribution is -2.31. The van der Waals surface area contributed by atoms with E-state index >= 15 is 4.39 Å². The smallest absolute Gasteiger partial charge is 0.316 e. The van der Waals surface area contributed by atoms with Gasteiger partial charge in [0.2, 0.25) is 5.91 Å². The molecule has 230 valence electrons. The van der Waals surface area contributed by atoms with Gasteiger partial charge < -0.3 is 14.2 Å². The number of likely N-dealkylation sites (N-methyl/N-ethyl adjacent to an activating group) is 1. The maximum Gasteiger partial charge on any atom is 0.316 e. The Kier molecular flexibility index (Phi) is 10.2. The number of methoxy groups -OCH3 is 1. The first kappa shape index (κ1) is 31.8. The molecular formula is C33H28ClF2N5O3S. The second-order valence-electron chi connectivity index (χ2n) is 10.2. The highest BCUT2D eigenvalue weighted by Gasteiger charge is 2.17. The van der Waals surface area contributed by atoms with Crippen molar-refractivity contribution in [3.8, 4) is 17.1 Å². The minimum atomic E-state index is -0.444. The standard InChI is InChI=1S/C33H28ClF2N5O3S/c1-40(17-22-5-12-28(29(36)14-22)24-6-8-26(34)9-7-24)30(42)19-41-18-25(13-23-15-37-32(44-2)38-16-23)31(43)39-33(41)45-20-21-3-10-27(35)11-4-21/h3-12,14-16,18H,13,17,19-20H2,1-2H3. The van der Waals surface area contributed by atoms with E-state index in [1.165, 1.54) is 42.0 Å². The van der Waals surface area contributed by atoms with Crippen molar-refractivity contribution in [2.45, 2.75) is 30.4 Å². The topological polar surface area (TPSA) is 90.2 Å². The molecule has 0 N–H and O–H groups in total. The van der Waals surface area contributed by atoms with Crippen LogP contribution in [-0.4, -0.2) is 44.5 Å². The van der Waals surface area contributed by atoms with Crippen LogP contribution in [0.15, 0.2) is 95.3 Å². The Morgan fingerprint density at radius 2 is 1.67 bits per heavy atom. The molecule has 1 amide bonds. The number of hydrogen-bond donors (Lipinski definition) is 0. The second-order valence-corrected chi connectivity index (χ2v) is 11.6. The fraction of sp³-hybridized carbons (Fsp3) is 0.182. The van der Waals surface area contributed by atoms with Crippen molar-refractivity contribution in [3.05, 3.63) is 135 Å². The van der Waals surface area contributed by atoms with Crippen LogP contribution in [0.25, 0.3) is 11.1 Å². The number of carbonyl (C=O) groups excluding carboxylic acids is 1. The highest BCUT2D eigenvalue weighted by Crippen LogP contribution is 2.26. The number of carbonyl (C=O) groups is 1. The quantitative estimate of drug-likeness (QED) is 0.125. The van der Waals surface area contributed by atoms with E-state index in [0.717, 1.165) is 5.56 Å². The third-order valence-electron chi connectivity index (χ3n) is 6.91. The summed E-state index contributed by atoms with van der Waals surface area (Å²) in [5.74, 6) is -0.627. The zero-order valence-electron chi connectivity index (χ0n) is 24.4. The summed E-state index contributed by atoms with van der Waals surface area (Å²) in [7, 11) is 3.09. The predicted octanol–water partition coefficient (Wildman–Crippen LogP) is 6.18. The molecule has 2 heterocycles. The van der Waals surface area contributed by atoms with Crippen LogP contribution in [0.4, 0.5) is 8.78 Å². The van der Waals surface area contributed by atoms with Crippen LogP contribution in [0.5, 0.6) is 6.01 Å². The first-order chi connectivity index (χ1) is 21.7. The molecule has 45 heavy (non-hydrogen) atoms. The molecule has 5 rings (SSSR count). The van der Waals surface area contributed by atoms with Gasteiger partial charge in [0.15, 0.2) is 5.16 Å². The molecule has 0 saturated heterocycles. The van der Waals surface area contributed by atoms with Crippen molar-refractivity contribution in [2.24, 2.45) is 0 Å². The van der Waals surface area contributed by atoms with E-state index in [1.807, 2.05) is 0 Å². The highest BCUT2D eigenvalue weighted by atomic mass is 35.5. The number of amides is 1. The van der Waals surface area contributed by atoms with Gasteiger partial charge in [-0.2, -0.15) is 4.98 Å². The molecular weight excluding hydrogens is 620 g/mol. The van der Waals surface area contributed by atoms with Gasteiger partial charge in [0, 0.05) is 60.5 Å². The number of thioether (sulfide) groups is 1. The van der Waals surface area contributed by atoms with E-state index in [9.17, 15) is 14.0 Å². The molecule has 0 spiro atoms. The van der Waals surface area contributed by atoms with E-state index in [2.05, 4.69) is 15.0 Å². The molecule has 12 heteroatoms. The number of hydrogen-bond acceptors (Lipinski definition) is 7. The van der Waals surface area contributed by atoms with E-state index in [0.29, 0.717) is 43.7 Å². The van der Waals surface area contributed by atoms with Gasteiger partial charge in [0.1, 0.15) is 18.2 Å².